The summed E-state index contributed by atoms with van der Waals surface area (Å²) in [4.78, 5) is 16.4. The predicted molar refractivity (Wildman–Crippen MR) is 57.5 cm³/mol. The molecule has 15 heavy (non-hydrogen) atoms. The molecule has 0 aromatic carbocycles. The summed E-state index contributed by atoms with van der Waals surface area (Å²) in [6.45, 7) is 1.96. The van der Waals surface area contributed by atoms with Crippen molar-refractivity contribution in [2.24, 2.45) is 18.2 Å². The first-order valence-electron chi connectivity index (χ1n) is 5.33. The smallest absolute Gasteiger partial charge is 0.205 e. The Morgan fingerprint density at radius 3 is 2.93 bits per heavy atom. The van der Waals surface area contributed by atoms with Crippen molar-refractivity contribution in [2.75, 3.05) is 0 Å². The molecule has 1 aliphatic carbocycles. The molecule has 1 aliphatic rings. The van der Waals surface area contributed by atoms with Crippen molar-refractivity contribution in [3.8, 4) is 0 Å². The summed E-state index contributed by atoms with van der Waals surface area (Å²) in [6, 6.07) is -0.0262. The molecule has 4 heteroatoms. The van der Waals surface area contributed by atoms with E-state index in [1.165, 1.54) is 0 Å². The van der Waals surface area contributed by atoms with Gasteiger partial charge in [-0.2, -0.15) is 0 Å². The highest BCUT2D eigenvalue weighted by molar-refractivity contribution is 5.98. The van der Waals surface area contributed by atoms with Crippen molar-refractivity contribution in [3.63, 3.8) is 0 Å². The fourth-order valence-corrected chi connectivity index (χ4v) is 2.31. The highest BCUT2D eigenvalue weighted by Gasteiger charge is 2.44. The Bertz CT molecular complexity index is 385. The molecule has 0 radical (unpaired) electrons. The van der Waals surface area contributed by atoms with E-state index < -0.39 is 5.41 Å². The summed E-state index contributed by atoms with van der Waals surface area (Å²) in [5, 5.41) is 0. The van der Waals surface area contributed by atoms with Crippen LogP contribution >= 0.6 is 0 Å². The molecule has 1 aromatic heterocycles. The van der Waals surface area contributed by atoms with E-state index in [4.69, 9.17) is 5.73 Å². The largest absolute Gasteiger partial charge is 0.332 e. The number of Topliss-reactive ketones (excluding diaryl/α,β-unsaturated/α-hetero) is 1. The minimum atomic E-state index is -0.418. The second kappa shape index (κ2) is 3.45. The second-order valence-corrected chi connectivity index (χ2v) is 4.61. The molecule has 2 unspecified atom stereocenters. The van der Waals surface area contributed by atoms with Gasteiger partial charge >= 0.3 is 0 Å². The fourth-order valence-electron chi connectivity index (χ4n) is 2.31. The molecule has 0 bridgehead atoms. The molecule has 2 N–H and O–H groups in total. The summed E-state index contributed by atoms with van der Waals surface area (Å²) < 4.78 is 1.76. The predicted octanol–water partition coefficient (Wildman–Crippen LogP) is 1.12. The van der Waals surface area contributed by atoms with Gasteiger partial charge < -0.3 is 10.3 Å². The molecule has 0 amide bonds. The van der Waals surface area contributed by atoms with Gasteiger partial charge in [0.2, 0.25) is 5.78 Å². The van der Waals surface area contributed by atoms with Gasteiger partial charge in [0.05, 0.1) is 0 Å². The third-order valence-corrected chi connectivity index (χ3v) is 3.57. The summed E-state index contributed by atoms with van der Waals surface area (Å²) in [6.07, 6.45) is 6.29. The number of carbonyl (C=O) groups excluding carboxylic acids is 1. The highest BCUT2D eigenvalue weighted by atomic mass is 16.1. The Morgan fingerprint density at radius 2 is 2.47 bits per heavy atom. The van der Waals surface area contributed by atoms with E-state index in [9.17, 15) is 4.79 Å². The number of hydrogen-bond donors (Lipinski definition) is 1. The molecule has 1 saturated carbocycles. The van der Waals surface area contributed by atoms with E-state index >= 15 is 0 Å². The number of nitrogens with two attached hydrogens (primary N) is 1. The van der Waals surface area contributed by atoms with Crippen LogP contribution < -0.4 is 5.73 Å². The first kappa shape index (κ1) is 10.4. The molecule has 4 nitrogen and oxygen atoms in total. The van der Waals surface area contributed by atoms with Crippen molar-refractivity contribution < 1.29 is 4.79 Å². The fraction of sp³-hybridized carbons (Fsp3) is 0.636. The lowest BCUT2D eigenvalue weighted by atomic mass is 9.80. The lowest BCUT2D eigenvalue weighted by Gasteiger charge is -2.26. The van der Waals surface area contributed by atoms with E-state index in [1.54, 1.807) is 17.0 Å². The van der Waals surface area contributed by atoms with Gasteiger partial charge in [0.25, 0.3) is 0 Å². The van der Waals surface area contributed by atoms with Crippen LogP contribution in [0.25, 0.3) is 0 Å². The minimum Gasteiger partial charge on any atom is -0.332 e. The van der Waals surface area contributed by atoms with Crippen LogP contribution in [0.15, 0.2) is 12.4 Å². The number of aryl methyl sites for hydroxylation is 1. The normalized spacial score (nSPS) is 30.7. The van der Waals surface area contributed by atoms with Gasteiger partial charge in [-0.15, -0.1) is 0 Å². The number of rotatable bonds is 2. The van der Waals surface area contributed by atoms with Gasteiger partial charge in [-0.25, -0.2) is 4.98 Å². The Hall–Kier alpha value is -1.16. The average molecular weight is 207 g/mol. The summed E-state index contributed by atoms with van der Waals surface area (Å²) >= 11 is 0. The molecule has 1 fully saturated rings. The van der Waals surface area contributed by atoms with Crippen molar-refractivity contribution in [3.05, 3.63) is 18.2 Å². The van der Waals surface area contributed by atoms with Crippen LogP contribution in [0, 0.1) is 5.41 Å². The van der Waals surface area contributed by atoms with Crippen LogP contribution in [0.3, 0.4) is 0 Å². The quantitative estimate of drug-likeness (QED) is 0.739. The molecule has 1 heterocycles. The van der Waals surface area contributed by atoms with Gasteiger partial charge in [0.15, 0.2) is 5.82 Å². The van der Waals surface area contributed by atoms with E-state index in [2.05, 4.69) is 4.98 Å². The first-order chi connectivity index (χ1) is 7.05. The summed E-state index contributed by atoms with van der Waals surface area (Å²) in [5.41, 5.74) is 5.59. The maximum Gasteiger partial charge on any atom is 0.205 e. The molecule has 0 aliphatic heterocycles. The Morgan fingerprint density at radius 1 is 1.73 bits per heavy atom. The minimum absolute atomic E-state index is 0.0262. The third kappa shape index (κ3) is 1.49. The summed E-state index contributed by atoms with van der Waals surface area (Å²) in [5.74, 6) is 0.606. The standard InChI is InChI=1S/C11H17N3O/c1-11(5-3-4-8(11)12)9(15)10-13-6-7-14(10)2/h6-8H,3-5,12H2,1-2H3. The van der Waals surface area contributed by atoms with Crippen LogP contribution in [0.2, 0.25) is 0 Å². The van der Waals surface area contributed by atoms with Gasteiger partial charge in [-0.05, 0) is 12.8 Å². The number of ketones is 1. The zero-order valence-corrected chi connectivity index (χ0v) is 9.23. The first-order valence-corrected chi connectivity index (χ1v) is 5.33. The SMILES string of the molecule is Cn1ccnc1C(=O)C1(C)CCCC1N. The Labute approximate surface area is 89.5 Å². The molecular weight excluding hydrogens is 190 g/mol. The number of carbonyl (C=O) groups is 1. The number of imidazole rings is 1. The van der Waals surface area contributed by atoms with Crippen LogP contribution in [0.5, 0.6) is 0 Å². The Kier molecular flexibility index (Phi) is 2.38. The van der Waals surface area contributed by atoms with Crippen molar-refractivity contribution in [1.29, 1.82) is 0 Å². The van der Waals surface area contributed by atoms with Gasteiger partial charge in [-0.3, -0.25) is 4.79 Å². The average Bonchev–Trinajstić information content (AvgIpc) is 2.75. The van der Waals surface area contributed by atoms with Crippen LogP contribution in [-0.2, 0) is 7.05 Å². The van der Waals surface area contributed by atoms with E-state index in [0.29, 0.717) is 5.82 Å². The molecule has 1 aromatic rings. The van der Waals surface area contributed by atoms with Crippen LogP contribution in [0.4, 0.5) is 0 Å². The van der Waals surface area contributed by atoms with Crippen LogP contribution in [0.1, 0.15) is 36.8 Å². The van der Waals surface area contributed by atoms with Gasteiger partial charge in [-0.1, -0.05) is 13.3 Å². The van der Waals surface area contributed by atoms with Crippen molar-refractivity contribution in [2.45, 2.75) is 32.2 Å². The maximum absolute atomic E-state index is 12.3. The van der Waals surface area contributed by atoms with E-state index in [-0.39, 0.29) is 11.8 Å². The maximum atomic E-state index is 12.3. The highest BCUT2D eigenvalue weighted by Crippen LogP contribution is 2.39. The van der Waals surface area contributed by atoms with Crippen molar-refractivity contribution in [1.82, 2.24) is 9.55 Å². The summed E-state index contributed by atoms with van der Waals surface area (Å²) in [7, 11) is 1.84. The topological polar surface area (TPSA) is 60.9 Å². The molecule has 0 spiro atoms. The molecular formula is C11H17N3O. The van der Waals surface area contributed by atoms with E-state index in [0.717, 1.165) is 19.3 Å². The zero-order chi connectivity index (χ0) is 11.1. The van der Waals surface area contributed by atoms with Gasteiger partial charge in [0.1, 0.15) is 0 Å². The van der Waals surface area contributed by atoms with Gasteiger partial charge in [0, 0.05) is 30.9 Å². The van der Waals surface area contributed by atoms with Crippen LogP contribution in [-0.4, -0.2) is 21.4 Å². The zero-order valence-electron chi connectivity index (χ0n) is 9.23. The number of nitrogens with zero attached hydrogens (tertiary/aromatic N) is 2. The monoisotopic (exact) mass is 207 g/mol. The number of hydrogen-bond acceptors (Lipinski definition) is 3. The molecule has 2 atom stereocenters. The third-order valence-electron chi connectivity index (χ3n) is 3.57. The Balaban J connectivity index is 2.32. The lowest BCUT2D eigenvalue weighted by molar-refractivity contribution is 0.0787. The molecule has 82 valence electrons. The number of aromatic nitrogens is 2. The van der Waals surface area contributed by atoms with E-state index in [1.807, 2.05) is 14.0 Å². The lowest BCUT2D eigenvalue weighted by Crippen LogP contribution is -2.42. The molecule has 2 rings (SSSR count). The second-order valence-electron chi connectivity index (χ2n) is 4.61. The van der Waals surface area contributed by atoms with Crippen molar-refractivity contribution >= 4 is 5.78 Å². The molecule has 0 saturated heterocycles.